The van der Waals surface area contributed by atoms with Crippen LogP contribution in [-0.4, -0.2) is 119 Å². The lowest BCUT2D eigenvalue weighted by Crippen LogP contribution is -2.61. The Bertz CT molecular complexity index is 1540. The van der Waals surface area contributed by atoms with Gasteiger partial charge >= 0.3 is 0 Å². The molecule has 16 heteroatoms. The predicted molar refractivity (Wildman–Crippen MR) is 140 cm³/mol. The fraction of sp³-hybridized carbons (Fsp3) is 0.444. The molecule has 3 heterocycles. The fourth-order valence-electron chi connectivity index (χ4n) is 4.84. The Morgan fingerprint density at radius 1 is 0.744 bits per heavy atom. The number of aromatic hydroxyl groups is 4. The van der Waals surface area contributed by atoms with E-state index in [0.29, 0.717) is 0 Å². The molecule has 10 N–H and O–H groups in total. The van der Waals surface area contributed by atoms with E-state index in [9.17, 15) is 55.9 Å². The first-order chi connectivity index (χ1) is 20.3. The summed E-state index contributed by atoms with van der Waals surface area (Å²) in [5, 5.41) is 101. The van der Waals surface area contributed by atoms with Crippen LogP contribution >= 0.6 is 0 Å². The highest BCUT2D eigenvalue weighted by molar-refractivity contribution is 5.88. The Morgan fingerprint density at radius 2 is 1.42 bits per heavy atom. The minimum atomic E-state index is -1.97. The first-order valence-electron chi connectivity index (χ1n) is 13.0. The summed E-state index contributed by atoms with van der Waals surface area (Å²) in [6.07, 6.45) is -16.2. The van der Waals surface area contributed by atoms with Gasteiger partial charge in [0, 0.05) is 17.7 Å². The van der Waals surface area contributed by atoms with Gasteiger partial charge in [0.05, 0.1) is 12.7 Å². The van der Waals surface area contributed by atoms with E-state index in [4.69, 9.17) is 23.4 Å². The van der Waals surface area contributed by atoms with Crippen molar-refractivity contribution in [2.24, 2.45) is 0 Å². The van der Waals surface area contributed by atoms with Gasteiger partial charge in [0.15, 0.2) is 23.5 Å². The minimum Gasteiger partial charge on any atom is -0.508 e. The maximum Gasteiger partial charge on any atom is 0.239 e. The zero-order valence-electron chi connectivity index (χ0n) is 22.3. The lowest BCUT2D eigenvalue weighted by Gasteiger charge is -2.42. The van der Waals surface area contributed by atoms with Gasteiger partial charge in [0.1, 0.15) is 65.2 Å². The van der Waals surface area contributed by atoms with Crippen molar-refractivity contribution in [1.29, 1.82) is 0 Å². The van der Waals surface area contributed by atoms with E-state index >= 15 is 0 Å². The van der Waals surface area contributed by atoms with E-state index in [0.717, 1.165) is 24.3 Å². The third-order valence-electron chi connectivity index (χ3n) is 7.29. The van der Waals surface area contributed by atoms with Crippen LogP contribution < -0.4 is 10.2 Å². The molecule has 43 heavy (non-hydrogen) atoms. The number of rotatable bonds is 6. The maximum atomic E-state index is 13.6. The van der Waals surface area contributed by atoms with E-state index in [-0.39, 0.29) is 11.1 Å². The zero-order chi connectivity index (χ0) is 31.3. The van der Waals surface area contributed by atoms with Gasteiger partial charge in [-0.1, -0.05) is 0 Å². The van der Waals surface area contributed by atoms with Gasteiger partial charge in [-0.15, -0.1) is 0 Å². The number of hydrogen-bond donors (Lipinski definition) is 10. The summed E-state index contributed by atoms with van der Waals surface area (Å²) in [4.78, 5) is 13.6. The number of phenolic OH excluding ortho intramolecular Hbond substituents is 4. The molecule has 0 saturated carbocycles. The first-order valence-corrected chi connectivity index (χ1v) is 13.0. The monoisotopic (exact) mass is 610 g/mol. The molecule has 0 amide bonds. The minimum absolute atomic E-state index is 0.0313. The van der Waals surface area contributed by atoms with Crippen LogP contribution in [0.4, 0.5) is 0 Å². The van der Waals surface area contributed by atoms with Crippen LogP contribution in [0.5, 0.6) is 28.7 Å². The second-order valence-electron chi connectivity index (χ2n) is 10.3. The van der Waals surface area contributed by atoms with Crippen molar-refractivity contribution in [3.05, 3.63) is 40.6 Å². The molecule has 2 saturated heterocycles. The van der Waals surface area contributed by atoms with Crippen molar-refractivity contribution in [1.82, 2.24) is 0 Å². The van der Waals surface area contributed by atoms with E-state index in [1.807, 2.05) is 0 Å². The van der Waals surface area contributed by atoms with Crippen molar-refractivity contribution < 1.29 is 74.4 Å². The highest BCUT2D eigenvalue weighted by Gasteiger charge is 2.47. The van der Waals surface area contributed by atoms with Crippen molar-refractivity contribution >= 4 is 11.0 Å². The molecule has 1 aromatic heterocycles. The van der Waals surface area contributed by atoms with Gasteiger partial charge in [-0.05, 0) is 25.1 Å². The third-order valence-corrected chi connectivity index (χ3v) is 7.29. The van der Waals surface area contributed by atoms with Gasteiger partial charge in [-0.25, -0.2) is 0 Å². The molecule has 2 aliphatic rings. The van der Waals surface area contributed by atoms with Crippen LogP contribution in [0.2, 0.25) is 0 Å². The summed E-state index contributed by atoms with van der Waals surface area (Å²) >= 11 is 0. The third kappa shape index (κ3) is 5.67. The molecule has 2 aliphatic heterocycles. The highest BCUT2D eigenvalue weighted by Crippen LogP contribution is 2.39. The molecule has 16 nitrogen and oxygen atoms in total. The average Bonchev–Trinajstić information content (AvgIpc) is 2.96. The predicted octanol–water partition coefficient (Wildman–Crippen LogP) is -1.69. The Labute approximate surface area is 241 Å². The molecule has 234 valence electrons. The normalized spacial score (nSPS) is 33.0. The van der Waals surface area contributed by atoms with E-state index in [2.05, 4.69) is 0 Å². The molecule has 3 aromatic rings. The van der Waals surface area contributed by atoms with Gasteiger partial charge < -0.3 is 74.4 Å². The summed E-state index contributed by atoms with van der Waals surface area (Å²) in [6.45, 7) is 0.818. The second kappa shape index (κ2) is 11.8. The molecule has 0 spiro atoms. The van der Waals surface area contributed by atoms with Crippen molar-refractivity contribution in [2.45, 2.75) is 68.3 Å². The largest absolute Gasteiger partial charge is 0.508 e. The summed E-state index contributed by atoms with van der Waals surface area (Å²) in [5.74, 6) is -3.33. The van der Waals surface area contributed by atoms with Crippen LogP contribution in [0.3, 0.4) is 0 Å². The SMILES string of the molecule is C[C@H]1O[C@H](OC[C@@H]2O[C@H](Oc3c(-c4ccc(O)c(O)c4)oc4cc(O)cc(O)c4c3=O)[C@@H](O)[C@@H](O)[C@H]2O)[C@@H](O)[C@H](O)[C@@H]1O. The molecule has 10 atom stereocenters. The zero-order valence-corrected chi connectivity index (χ0v) is 22.3. The number of benzene rings is 2. The number of aliphatic hydroxyl groups is 6. The van der Waals surface area contributed by atoms with E-state index in [1.54, 1.807) is 0 Å². The van der Waals surface area contributed by atoms with Crippen LogP contribution in [0, 0.1) is 0 Å². The molecule has 0 aliphatic carbocycles. The molecular weight excluding hydrogens is 580 g/mol. The maximum absolute atomic E-state index is 13.6. The lowest BCUT2D eigenvalue weighted by molar-refractivity contribution is -0.318. The van der Waals surface area contributed by atoms with Crippen molar-refractivity contribution in [3.8, 4) is 40.1 Å². The Kier molecular flexibility index (Phi) is 8.41. The Balaban J connectivity index is 1.48. The van der Waals surface area contributed by atoms with Crippen LogP contribution in [0.25, 0.3) is 22.3 Å². The number of aliphatic hydroxyl groups excluding tert-OH is 6. The molecule has 2 aromatic carbocycles. The lowest BCUT2D eigenvalue weighted by atomic mass is 9.98. The van der Waals surface area contributed by atoms with Crippen LogP contribution in [0.15, 0.2) is 39.5 Å². The molecule has 0 unspecified atom stereocenters. The Morgan fingerprint density at radius 3 is 2.12 bits per heavy atom. The molecule has 0 radical (unpaired) electrons. The fourth-order valence-corrected chi connectivity index (χ4v) is 4.84. The number of ether oxygens (including phenoxy) is 4. The van der Waals surface area contributed by atoms with Gasteiger partial charge in [0.2, 0.25) is 17.5 Å². The molecule has 2 fully saturated rings. The number of fused-ring (bicyclic) bond motifs is 1. The summed E-state index contributed by atoms with van der Waals surface area (Å²) < 4.78 is 27.8. The molecular formula is C27H30O16. The van der Waals surface area contributed by atoms with Gasteiger partial charge in [-0.3, -0.25) is 4.79 Å². The molecule has 0 bridgehead atoms. The summed E-state index contributed by atoms with van der Waals surface area (Å²) in [7, 11) is 0. The number of hydrogen-bond acceptors (Lipinski definition) is 16. The second-order valence-corrected chi connectivity index (χ2v) is 10.3. The van der Waals surface area contributed by atoms with Gasteiger partial charge in [-0.2, -0.15) is 0 Å². The standard InChI is InChI=1S/C27H30O16/c1-8-17(32)20(35)22(37)26(40-8)39-7-15-18(33)21(36)23(38)27(42-15)43-25-19(34)16-13(31)5-10(28)6-14(16)41-24(25)9-2-3-11(29)12(30)4-9/h2-6,8,15,17-18,20-23,26-33,35-38H,7H2,1H3/t8-,15+,17-,18+,20-,21+,22+,23+,26+,27-/m1/s1. The van der Waals surface area contributed by atoms with E-state index < -0.39 is 113 Å². The first kappa shape index (κ1) is 30.7. The summed E-state index contributed by atoms with van der Waals surface area (Å²) in [5.41, 5.74) is -1.35. The van der Waals surface area contributed by atoms with E-state index in [1.165, 1.54) is 13.0 Å². The smallest absolute Gasteiger partial charge is 0.239 e. The van der Waals surface area contributed by atoms with Crippen molar-refractivity contribution in [3.63, 3.8) is 0 Å². The average molecular weight is 611 g/mol. The quantitative estimate of drug-likeness (QED) is 0.140. The highest BCUT2D eigenvalue weighted by atomic mass is 16.7. The summed E-state index contributed by atoms with van der Waals surface area (Å²) in [6, 6.07) is 5.24. The molecule has 5 rings (SSSR count). The van der Waals surface area contributed by atoms with Gasteiger partial charge in [0.25, 0.3) is 0 Å². The van der Waals surface area contributed by atoms with Crippen LogP contribution in [0.1, 0.15) is 6.92 Å². The van der Waals surface area contributed by atoms with Crippen LogP contribution in [-0.2, 0) is 14.2 Å². The Hall–Kier alpha value is -3.71. The number of phenols is 4. The topological polar surface area (TPSA) is 269 Å². The van der Waals surface area contributed by atoms with Crippen molar-refractivity contribution in [2.75, 3.05) is 6.61 Å².